The van der Waals surface area contributed by atoms with Crippen LogP contribution in [0.4, 0.5) is 0 Å². The molecule has 1 rings (SSSR count). The van der Waals surface area contributed by atoms with Crippen molar-refractivity contribution in [2.24, 2.45) is 0 Å². The quantitative estimate of drug-likeness (QED) is 0.501. The van der Waals surface area contributed by atoms with E-state index >= 15 is 0 Å². The molecule has 0 saturated heterocycles. The van der Waals surface area contributed by atoms with Gasteiger partial charge in [0, 0.05) is 4.47 Å². The molecule has 0 radical (unpaired) electrons. The van der Waals surface area contributed by atoms with Gasteiger partial charge in [0.15, 0.2) is 0 Å². The highest BCUT2D eigenvalue weighted by Gasteiger charge is 1.82. The van der Waals surface area contributed by atoms with Crippen LogP contribution in [0.15, 0.2) is 28.7 Å². The van der Waals surface area contributed by atoms with Gasteiger partial charge in [0.1, 0.15) is 7.85 Å². The van der Waals surface area contributed by atoms with Crippen molar-refractivity contribution in [1.29, 1.82) is 0 Å². The zero-order valence-corrected chi connectivity index (χ0v) is 6.27. The van der Waals surface area contributed by atoms with Crippen LogP contribution in [-0.2, 0) is 0 Å². The molecule has 8 heavy (non-hydrogen) atoms. The first-order valence-corrected chi connectivity index (χ1v) is 3.30. The van der Waals surface area contributed by atoms with Crippen molar-refractivity contribution in [3.05, 3.63) is 28.7 Å². The highest BCUT2D eigenvalue weighted by atomic mass is 79.9. The third-order valence-electron chi connectivity index (χ3n) is 0.980. The van der Waals surface area contributed by atoms with Gasteiger partial charge in [-0.1, -0.05) is 39.6 Å². The molecule has 0 bridgehead atoms. The molecule has 40 valence electrons. The Kier molecular flexibility index (Phi) is 1.74. The molecule has 0 atom stereocenters. The van der Waals surface area contributed by atoms with E-state index in [0.717, 1.165) is 4.47 Å². The first-order chi connectivity index (χ1) is 3.79. The third kappa shape index (κ3) is 1.37. The molecule has 0 fully saturated rings. The Labute approximate surface area is 58.5 Å². The van der Waals surface area contributed by atoms with Gasteiger partial charge in [-0.25, -0.2) is 0 Å². The van der Waals surface area contributed by atoms with Gasteiger partial charge in [0.25, 0.3) is 0 Å². The number of benzene rings is 1. The van der Waals surface area contributed by atoms with Gasteiger partial charge in [0.05, 0.1) is 0 Å². The van der Waals surface area contributed by atoms with E-state index in [0.29, 0.717) is 0 Å². The third-order valence-corrected chi connectivity index (χ3v) is 1.47. The van der Waals surface area contributed by atoms with Crippen LogP contribution in [0.25, 0.3) is 0 Å². The number of halogens is 1. The molecule has 0 N–H and O–H groups in total. The van der Waals surface area contributed by atoms with Crippen molar-refractivity contribution in [3.8, 4) is 0 Å². The van der Waals surface area contributed by atoms with Crippen LogP contribution in [0.3, 0.4) is 0 Å². The molecule has 1 aromatic rings. The van der Waals surface area contributed by atoms with Gasteiger partial charge in [-0.2, -0.15) is 0 Å². The van der Waals surface area contributed by atoms with Crippen LogP contribution < -0.4 is 5.46 Å². The van der Waals surface area contributed by atoms with Gasteiger partial charge < -0.3 is 0 Å². The van der Waals surface area contributed by atoms with E-state index < -0.39 is 0 Å². The molecule has 0 unspecified atom stereocenters. The van der Waals surface area contributed by atoms with Gasteiger partial charge in [-0.05, 0) is 6.07 Å². The molecule has 2 heteroatoms. The molecule has 0 aliphatic carbocycles. The Morgan fingerprint density at radius 1 is 1.38 bits per heavy atom. The lowest BCUT2D eigenvalue weighted by Gasteiger charge is -1.89. The normalized spacial score (nSPS) is 9.12. The summed E-state index contributed by atoms with van der Waals surface area (Å²) in [6, 6.07) is 8.21. The van der Waals surface area contributed by atoms with E-state index in [4.69, 9.17) is 0 Å². The van der Waals surface area contributed by atoms with Crippen LogP contribution in [0.1, 0.15) is 0 Å². The maximum atomic E-state index is 3.36. The van der Waals surface area contributed by atoms with Gasteiger partial charge >= 0.3 is 0 Å². The van der Waals surface area contributed by atoms with Gasteiger partial charge in [-0.15, -0.1) is 0 Å². The average Bonchev–Trinajstić information content (AvgIpc) is 1.64. The Hall–Kier alpha value is -0.235. The number of hydrogen-bond donors (Lipinski definition) is 0. The molecule has 0 spiro atoms. The summed E-state index contributed by atoms with van der Waals surface area (Å²) in [5, 5.41) is 0. The van der Waals surface area contributed by atoms with Crippen molar-refractivity contribution in [1.82, 2.24) is 0 Å². The predicted molar refractivity (Wildman–Crippen MR) is 42.3 cm³/mol. The second-order valence-corrected chi connectivity index (χ2v) is 2.71. The van der Waals surface area contributed by atoms with Crippen molar-refractivity contribution < 1.29 is 0 Å². The Morgan fingerprint density at radius 2 is 2.12 bits per heavy atom. The fourth-order valence-corrected chi connectivity index (χ4v) is 1.12. The summed E-state index contributed by atoms with van der Waals surface area (Å²) in [6.45, 7) is 0. The maximum absolute atomic E-state index is 3.36. The molecular weight excluding hydrogens is 163 g/mol. The summed E-state index contributed by atoms with van der Waals surface area (Å²) in [5.41, 5.74) is 1.29. The minimum atomic E-state index is 1.15. The van der Waals surface area contributed by atoms with Crippen LogP contribution in [0.5, 0.6) is 0 Å². The Morgan fingerprint density at radius 3 is 2.50 bits per heavy atom. The lowest BCUT2D eigenvalue weighted by atomic mass is 9.97. The molecule has 0 aliphatic heterocycles. The van der Waals surface area contributed by atoms with E-state index in [2.05, 4.69) is 35.9 Å². The Bertz CT molecular complexity index is 168. The molecular formula is C6H6BBr. The first-order valence-electron chi connectivity index (χ1n) is 2.51. The van der Waals surface area contributed by atoms with Gasteiger partial charge in [-0.3, -0.25) is 0 Å². The summed E-state index contributed by atoms with van der Waals surface area (Å²) in [4.78, 5) is 0. The second kappa shape index (κ2) is 2.36. The highest BCUT2D eigenvalue weighted by Crippen LogP contribution is 2.03. The lowest BCUT2D eigenvalue weighted by molar-refractivity contribution is 1.70. The Balaban J connectivity index is 3.08. The molecule has 0 saturated carbocycles. The van der Waals surface area contributed by atoms with E-state index in [9.17, 15) is 0 Å². The summed E-state index contributed by atoms with van der Waals surface area (Å²) in [5.74, 6) is 0. The first kappa shape index (κ1) is 5.89. The van der Waals surface area contributed by atoms with Crippen molar-refractivity contribution in [2.45, 2.75) is 0 Å². The van der Waals surface area contributed by atoms with Crippen LogP contribution in [0.2, 0.25) is 0 Å². The van der Waals surface area contributed by atoms with E-state index in [1.54, 1.807) is 0 Å². The van der Waals surface area contributed by atoms with E-state index in [1.165, 1.54) is 5.46 Å². The van der Waals surface area contributed by atoms with Crippen LogP contribution in [-0.4, -0.2) is 7.85 Å². The number of rotatable bonds is 0. The lowest BCUT2D eigenvalue weighted by Crippen LogP contribution is -1.98. The van der Waals surface area contributed by atoms with Crippen LogP contribution in [0, 0.1) is 0 Å². The monoisotopic (exact) mass is 168 g/mol. The van der Waals surface area contributed by atoms with Crippen LogP contribution >= 0.6 is 15.9 Å². The van der Waals surface area contributed by atoms with Crippen molar-refractivity contribution in [3.63, 3.8) is 0 Å². The summed E-state index contributed by atoms with van der Waals surface area (Å²) >= 11 is 3.36. The molecule has 1 aromatic carbocycles. The summed E-state index contributed by atoms with van der Waals surface area (Å²) in [6.07, 6.45) is 0. The zero-order valence-electron chi connectivity index (χ0n) is 4.69. The average molecular weight is 169 g/mol. The largest absolute Gasteiger partial charge is 0.139 e. The SMILES string of the molecule is Bc1cccc(Br)c1. The van der Waals surface area contributed by atoms with Crippen molar-refractivity contribution in [2.75, 3.05) is 0 Å². The molecule has 0 heterocycles. The topological polar surface area (TPSA) is 0 Å². The molecule has 0 aliphatic rings. The molecule has 0 aromatic heterocycles. The minimum absolute atomic E-state index is 1.15. The predicted octanol–water partition coefficient (Wildman–Crippen LogP) is 0.708. The highest BCUT2D eigenvalue weighted by molar-refractivity contribution is 9.10. The fraction of sp³-hybridized carbons (Fsp3) is 0. The van der Waals surface area contributed by atoms with E-state index in [-0.39, 0.29) is 0 Å². The number of hydrogen-bond acceptors (Lipinski definition) is 0. The van der Waals surface area contributed by atoms with Crippen molar-refractivity contribution >= 4 is 29.2 Å². The smallest absolute Gasteiger partial charge is 0.0879 e. The minimum Gasteiger partial charge on any atom is -0.0879 e. The second-order valence-electron chi connectivity index (χ2n) is 1.80. The maximum Gasteiger partial charge on any atom is 0.139 e. The standard InChI is InChI=1S/C6H6BBr/c7-5-2-1-3-6(8)4-5/h1-4H,7H2. The summed E-state index contributed by atoms with van der Waals surface area (Å²) in [7, 11) is 2.07. The summed E-state index contributed by atoms with van der Waals surface area (Å²) < 4.78 is 1.15. The molecule has 0 nitrogen and oxygen atoms in total. The van der Waals surface area contributed by atoms with Gasteiger partial charge in [0.2, 0.25) is 0 Å². The zero-order chi connectivity index (χ0) is 5.98. The fourth-order valence-electron chi connectivity index (χ4n) is 0.606. The van der Waals surface area contributed by atoms with E-state index in [1.807, 2.05) is 12.1 Å². The molecule has 0 amide bonds.